The summed E-state index contributed by atoms with van der Waals surface area (Å²) in [6.07, 6.45) is 4.52. The van der Waals surface area contributed by atoms with E-state index >= 15 is 0 Å². The smallest absolute Gasteiger partial charge is 0.0547 e. The molecule has 0 N–H and O–H groups in total. The maximum atomic E-state index is 2.41. The minimum absolute atomic E-state index is 1.18. The average Bonchev–Trinajstić information content (AvgIpc) is 3.79. The van der Waals surface area contributed by atoms with Crippen molar-refractivity contribution in [2.75, 3.05) is 0 Å². The third kappa shape index (κ3) is 4.57. The average molecular weight is 711 g/mol. The van der Waals surface area contributed by atoms with Crippen molar-refractivity contribution >= 4 is 88.1 Å². The van der Waals surface area contributed by atoms with Crippen LogP contribution in [0.1, 0.15) is 11.1 Å². The Labute approximate surface area is 323 Å². The molecule has 0 aliphatic carbocycles. The lowest BCUT2D eigenvalue weighted by Crippen LogP contribution is -1.93. The standard InChI is InChI=1S/C54H34N2/c1-2-12-40(13-3-1)55-51-20-10-11-37-27-30-48-45(31-32-52(55)54(48)53(37)51)44-29-26-36(42-14-4-5-15-43(42)44)23-21-35-22-24-39-34-41(28-25-38(39)33-35)56-49-18-8-6-16-46(49)47-17-7-9-19-50(47)56/h1-34H/b23-21+. The van der Waals surface area contributed by atoms with Crippen molar-refractivity contribution < 1.29 is 0 Å². The number of hydrogen-bond acceptors (Lipinski definition) is 0. The molecule has 10 aromatic carbocycles. The molecule has 0 unspecified atom stereocenters. The van der Waals surface area contributed by atoms with Crippen LogP contribution in [-0.4, -0.2) is 9.13 Å². The molecule has 0 saturated heterocycles. The van der Waals surface area contributed by atoms with Crippen molar-refractivity contribution in [1.29, 1.82) is 0 Å². The summed E-state index contributed by atoms with van der Waals surface area (Å²) in [5.74, 6) is 0. The van der Waals surface area contributed by atoms with E-state index in [4.69, 9.17) is 0 Å². The fourth-order valence-corrected chi connectivity index (χ4v) is 9.36. The summed E-state index contributed by atoms with van der Waals surface area (Å²) in [6, 6.07) is 71.1. The highest BCUT2D eigenvalue weighted by Crippen LogP contribution is 2.44. The largest absolute Gasteiger partial charge is 0.309 e. The van der Waals surface area contributed by atoms with Gasteiger partial charge in [0.1, 0.15) is 0 Å². The summed E-state index contributed by atoms with van der Waals surface area (Å²) in [5.41, 5.74) is 12.2. The molecule has 0 spiro atoms. The zero-order valence-corrected chi connectivity index (χ0v) is 30.5. The molecule has 0 bridgehead atoms. The Morgan fingerprint density at radius 1 is 0.304 bits per heavy atom. The molecule has 260 valence electrons. The molecular formula is C54H34N2. The van der Waals surface area contributed by atoms with E-state index in [-0.39, 0.29) is 0 Å². The van der Waals surface area contributed by atoms with Gasteiger partial charge in [-0.1, -0.05) is 152 Å². The first-order valence-corrected chi connectivity index (χ1v) is 19.3. The van der Waals surface area contributed by atoms with Crippen molar-refractivity contribution in [3.8, 4) is 22.5 Å². The zero-order chi connectivity index (χ0) is 36.7. The van der Waals surface area contributed by atoms with Crippen molar-refractivity contribution in [2.24, 2.45) is 0 Å². The van der Waals surface area contributed by atoms with Crippen LogP contribution in [0.15, 0.2) is 194 Å². The van der Waals surface area contributed by atoms with Crippen molar-refractivity contribution in [3.05, 3.63) is 205 Å². The number of para-hydroxylation sites is 3. The molecule has 0 aliphatic rings. The lowest BCUT2D eigenvalue weighted by Gasteiger charge is -2.13. The molecule has 12 aromatic rings. The van der Waals surface area contributed by atoms with Crippen LogP contribution in [0, 0.1) is 0 Å². The molecule has 0 fully saturated rings. The highest BCUT2D eigenvalue weighted by atomic mass is 15.0. The molecular weight excluding hydrogens is 677 g/mol. The molecule has 0 saturated carbocycles. The maximum Gasteiger partial charge on any atom is 0.0547 e. The first-order chi connectivity index (χ1) is 27.8. The van der Waals surface area contributed by atoms with Gasteiger partial charge < -0.3 is 9.13 Å². The van der Waals surface area contributed by atoms with Gasteiger partial charge in [0, 0.05) is 32.9 Å². The van der Waals surface area contributed by atoms with Gasteiger partial charge in [-0.3, -0.25) is 0 Å². The number of hydrogen-bond donors (Lipinski definition) is 0. The molecule has 0 aliphatic heterocycles. The summed E-state index contributed by atoms with van der Waals surface area (Å²) in [7, 11) is 0. The summed E-state index contributed by atoms with van der Waals surface area (Å²) in [6.45, 7) is 0. The number of benzene rings is 10. The predicted octanol–water partition coefficient (Wildman–Crippen LogP) is 14.6. The monoisotopic (exact) mass is 710 g/mol. The Kier molecular flexibility index (Phi) is 6.66. The number of aromatic nitrogens is 2. The first-order valence-electron chi connectivity index (χ1n) is 19.3. The van der Waals surface area contributed by atoms with Gasteiger partial charge in [-0.2, -0.15) is 0 Å². The van der Waals surface area contributed by atoms with Gasteiger partial charge in [0.05, 0.1) is 22.1 Å². The highest BCUT2D eigenvalue weighted by molar-refractivity contribution is 6.27. The van der Waals surface area contributed by atoms with Gasteiger partial charge in [-0.15, -0.1) is 0 Å². The van der Waals surface area contributed by atoms with Gasteiger partial charge >= 0.3 is 0 Å². The van der Waals surface area contributed by atoms with Crippen molar-refractivity contribution in [1.82, 2.24) is 9.13 Å². The molecule has 2 aromatic heterocycles. The van der Waals surface area contributed by atoms with Crippen LogP contribution >= 0.6 is 0 Å². The van der Waals surface area contributed by atoms with Crippen molar-refractivity contribution in [3.63, 3.8) is 0 Å². The summed E-state index contributed by atoms with van der Waals surface area (Å²) in [4.78, 5) is 0. The van der Waals surface area contributed by atoms with Crippen LogP contribution in [0.4, 0.5) is 0 Å². The normalized spacial score (nSPS) is 12.2. The second-order valence-electron chi connectivity index (χ2n) is 14.9. The fourth-order valence-electron chi connectivity index (χ4n) is 9.36. The minimum Gasteiger partial charge on any atom is -0.309 e. The lowest BCUT2D eigenvalue weighted by atomic mass is 9.90. The third-order valence-corrected chi connectivity index (χ3v) is 11.9. The van der Waals surface area contributed by atoms with Gasteiger partial charge in [-0.25, -0.2) is 0 Å². The number of rotatable bonds is 5. The van der Waals surface area contributed by atoms with E-state index in [0.717, 1.165) is 0 Å². The highest BCUT2D eigenvalue weighted by Gasteiger charge is 2.20. The van der Waals surface area contributed by atoms with Crippen LogP contribution in [-0.2, 0) is 0 Å². The van der Waals surface area contributed by atoms with E-state index in [1.807, 2.05) is 0 Å². The minimum atomic E-state index is 1.18. The Morgan fingerprint density at radius 2 is 0.911 bits per heavy atom. The number of nitrogens with zero attached hydrogens (tertiary/aromatic N) is 2. The SMILES string of the molecule is C(=C\c1ccc(-c2ccc3c4c2ccc2cccc(c24)n3-c2ccccc2)c2ccccc12)/c1ccc2cc(-n3c4ccccc4c4ccccc43)ccc2c1. The van der Waals surface area contributed by atoms with E-state index in [2.05, 4.69) is 215 Å². The van der Waals surface area contributed by atoms with Crippen LogP contribution in [0.5, 0.6) is 0 Å². The van der Waals surface area contributed by atoms with E-state index < -0.39 is 0 Å². The number of fused-ring (bicyclic) bond motifs is 5. The first kappa shape index (κ1) is 31.0. The fraction of sp³-hybridized carbons (Fsp3) is 0. The maximum absolute atomic E-state index is 2.41. The Morgan fingerprint density at radius 3 is 1.73 bits per heavy atom. The molecule has 2 nitrogen and oxygen atoms in total. The molecule has 0 radical (unpaired) electrons. The summed E-state index contributed by atoms with van der Waals surface area (Å²) in [5, 5.41) is 12.7. The molecule has 0 amide bonds. The Hall–Kier alpha value is -7.42. The van der Waals surface area contributed by atoms with Crippen molar-refractivity contribution in [2.45, 2.75) is 0 Å². The van der Waals surface area contributed by atoms with E-state index in [9.17, 15) is 0 Å². The third-order valence-electron chi connectivity index (χ3n) is 11.9. The van der Waals surface area contributed by atoms with Gasteiger partial charge in [0.15, 0.2) is 0 Å². The molecule has 56 heavy (non-hydrogen) atoms. The quantitative estimate of drug-likeness (QED) is 0.124. The second-order valence-corrected chi connectivity index (χ2v) is 14.9. The van der Waals surface area contributed by atoms with E-state index in [0.29, 0.717) is 0 Å². The summed E-state index contributed by atoms with van der Waals surface area (Å²) < 4.78 is 4.80. The van der Waals surface area contributed by atoms with E-state index in [1.54, 1.807) is 0 Å². The Bertz CT molecular complexity index is 3470. The van der Waals surface area contributed by atoms with E-state index in [1.165, 1.54) is 110 Å². The molecule has 0 atom stereocenters. The van der Waals surface area contributed by atoms with Crippen LogP contribution in [0.25, 0.3) is 111 Å². The molecule has 2 heterocycles. The predicted molar refractivity (Wildman–Crippen MR) is 240 cm³/mol. The van der Waals surface area contributed by atoms with Crippen LogP contribution < -0.4 is 0 Å². The Balaban J connectivity index is 0.932. The summed E-state index contributed by atoms with van der Waals surface area (Å²) >= 11 is 0. The lowest BCUT2D eigenvalue weighted by molar-refractivity contribution is 1.18. The van der Waals surface area contributed by atoms with Gasteiger partial charge in [0.25, 0.3) is 0 Å². The van der Waals surface area contributed by atoms with Crippen LogP contribution in [0.2, 0.25) is 0 Å². The molecule has 12 rings (SSSR count). The van der Waals surface area contributed by atoms with Gasteiger partial charge in [0.2, 0.25) is 0 Å². The van der Waals surface area contributed by atoms with Crippen LogP contribution in [0.3, 0.4) is 0 Å². The molecule has 2 heteroatoms. The topological polar surface area (TPSA) is 9.86 Å². The zero-order valence-electron chi connectivity index (χ0n) is 30.5. The second kappa shape index (κ2) is 12.0. The van der Waals surface area contributed by atoms with Gasteiger partial charge in [-0.05, 0) is 109 Å².